The highest BCUT2D eigenvalue weighted by Crippen LogP contribution is 2.30. The smallest absolute Gasteiger partial charge is 0.267 e. The molecule has 3 aromatic heterocycles. The van der Waals surface area contributed by atoms with Crippen molar-refractivity contribution in [2.45, 2.75) is 0 Å². The lowest BCUT2D eigenvalue weighted by atomic mass is 10.2. The summed E-state index contributed by atoms with van der Waals surface area (Å²) < 4.78 is 7.61. The van der Waals surface area contributed by atoms with Crippen molar-refractivity contribution in [2.75, 3.05) is 23.8 Å². The van der Waals surface area contributed by atoms with Gasteiger partial charge in [-0.15, -0.1) is 11.3 Å². The number of carbonyl (C=O) groups excluding carboxylic acids is 1. The normalized spacial score (nSPS) is 14.1. The highest BCUT2D eigenvalue weighted by molar-refractivity contribution is 7.12. The summed E-state index contributed by atoms with van der Waals surface area (Å²) in [5.74, 6) is 0.0817. The molecule has 0 aliphatic carbocycles. The van der Waals surface area contributed by atoms with Crippen LogP contribution in [0, 0.1) is 0 Å². The number of benzene rings is 1. The van der Waals surface area contributed by atoms with Gasteiger partial charge >= 0.3 is 0 Å². The Kier molecular flexibility index (Phi) is 3.54. The van der Waals surface area contributed by atoms with Gasteiger partial charge < -0.3 is 15.4 Å². The summed E-state index contributed by atoms with van der Waals surface area (Å²) in [6.07, 6.45) is 5.05. The van der Waals surface area contributed by atoms with E-state index in [1.54, 1.807) is 22.4 Å². The molecule has 0 fully saturated rings. The second kappa shape index (κ2) is 6.06. The Morgan fingerprint density at radius 1 is 1.19 bits per heavy atom. The molecule has 1 aromatic carbocycles. The van der Waals surface area contributed by atoms with Crippen LogP contribution < -0.4 is 15.4 Å². The Morgan fingerprint density at radius 2 is 2.11 bits per heavy atom. The minimum absolute atomic E-state index is 0.118. The molecule has 2 N–H and O–H groups in total. The molecule has 5 rings (SSSR count). The molecule has 0 unspecified atom stereocenters. The summed E-state index contributed by atoms with van der Waals surface area (Å²) in [6.45, 7) is 0.723. The van der Waals surface area contributed by atoms with E-state index in [9.17, 15) is 4.79 Å². The lowest BCUT2D eigenvalue weighted by Crippen LogP contribution is -2.32. The Morgan fingerprint density at radius 3 is 2.96 bits per heavy atom. The van der Waals surface area contributed by atoms with Crippen molar-refractivity contribution in [3.05, 3.63) is 53.9 Å². The average molecular weight is 378 g/mol. The van der Waals surface area contributed by atoms with Crippen LogP contribution in [0.4, 0.5) is 11.5 Å². The summed E-state index contributed by atoms with van der Waals surface area (Å²) >= 11 is 1.57. The lowest BCUT2D eigenvalue weighted by Gasteiger charge is -2.20. The molecule has 134 valence electrons. The summed E-state index contributed by atoms with van der Waals surface area (Å²) in [5, 5.41) is 3.85. The SMILES string of the molecule is Nc1ncnc2c1C(=O)N(c1ccc3c(ccn3-c3nccs3)c1)CCO2. The van der Waals surface area contributed by atoms with Gasteiger partial charge in [-0.2, -0.15) is 0 Å². The van der Waals surface area contributed by atoms with Crippen molar-refractivity contribution in [1.29, 1.82) is 0 Å². The molecule has 0 spiro atoms. The van der Waals surface area contributed by atoms with E-state index in [4.69, 9.17) is 10.5 Å². The maximum Gasteiger partial charge on any atom is 0.267 e. The number of rotatable bonds is 2. The summed E-state index contributed by atoms with van der Waals surface area (Å²) in [4.78, 5) is 27.0. The summed E-state index contributed by atoms with van der Waals surface area (Å²) in [5.41, 5.74) is 7.90. The summed E-state index contributed by atoms with van der Waals surface area (Å²) in [6, 6.07) is 7.87. The average Bonchev–Trinajstić information content (AvgIpc) is 3.30. The van der Waals surface area contributed by atoms with Gasteiger partial charge in [0.2, 0.25) is 5.88 Å². The molecule has 4 aromatic rings. The molecule has 1 aliphatic heterocycles. The zero-order valence-corrected chi connectivity index (χ0v) is 14.9. The van der Waals surface area contributed by atoms with Crippen molar-refractivity contribution in [2.24, 2.45) is 0 Å². The van der Waals surface area contributed by atoms with E-state index in [-0.39, 0.29) is 23.2 Å². The fourth-order valence-corrected chi connectivity index (χ4v) is 3.85. The zero-order chi connectivity index (χ0) is 18.4. The molecule has 0 bridgehead atoms. The molecule has 1 aliphatic rings. The van der Waals surface area contributed by atoms with Crippen LogP contribution in [0.1, 0.15) is 10.4 Å². The Hall–Kier alpha value is -3.46. The van der Waals surface area contributed by atoms with Crippen LogP contribution in [-0.2, 0) is 0 Å². The van der Waals surface area contributed by atoms with Gasteiger partial charge in [-0.25, -0.2) is 15.0 Å². The van der Waals surface area contributed by atoms with Crippen molar-refractivity contribution >= 4 is 39.7 Å². The van der Waals surface area contributed by atoms with Gasteiger partial charge in [0, 0.05) is 28.8 Å². The number of amides is 1. The number of anilines is 2. The molecule has 1 amide bonds. The van der Waals surface area contributed by atoms with Crippen LogP contribution in [0.3, 0.4) is 0 Å². The van der Waals surface area contributed by atoms with Crippen LogP contribution in [0.5, 0.6) is 5.88 Å². The third-order valence-electron chi connectivity index (χ3n) is 4.47. The van der Waals surface area contributed by atoms with Crippen molar-refractivity contribution in [3.8, 4) is 11.0 Å². The molecule has 4 heterocycles. The van der Waals surface area contributed by atoms with Gasteiger partial charge in [0.15, 0.2) is 5.13 Å². The number of thiazole rings is 1. The number of nitrogen functional groups attached to an aromatic ring is 1. The van der Waals surface area contributed by atoms with Crippen molar-refractivity contribution in [3.63, 3.8) is 0 Å². The second-order valence-corrected chi connectivity index (χ2v) is 6.86. The molecular weight excluding hydrogens is 364 g/mol. The first-order valence-corrected chi connectivity index (χ1v) is 9.16. The zero-order valence-electron chi connectivity index (χ0n) is 14.1. The van der Waals surface area contributed by atoms with Gasteiger partial charge in [0.1, 0.15) is 24.3 Å². The molecule has 0 saturated heterocycles. The first-order valence-electron chi connectivity index (χ1n) is 8.28. The monoisotopic (exact) mass is 378 g/mol. The van der Waals surface area contributed by atoms with Gasteiger partial charge in [0.05, 0.1) is 12.1 Å². The van der Waals surface area contributed by atoms with E-state index < -0.39 is 0 Å². The van der Waals surface area contributed by atoms with E-state index in [2.05, 4.69) is 15.0 Å². The molecule has 27 heavy (non-hydrogen) atoms. The van der Waals surface area contributed by atoms with Crippen LogP contribution in [0.15, 0.2) is 48.4 Å². The summed E-state index contributed by atoms with van der Waals surface area (Å²) in [7, 11) is 0. The van der Waals surface area contributed by atoms with E-state index in [1.807, 2.05) is 40.4 Å². The number of nitrogens with zero attached hydrogens (tertiary/aromatic N) is 5. The van der Waals surface area contributed by atoms with E-state index in [0.29, 0.717) is 13.2 Å². The predicted octanol–water partition coefficient (Wildman–Crippen LogP) is 2.50. The number of nitrogens with two attached hydrogens (primary N) is 1. The quantitative estimate of drug-likeness (QED) is 0.575. The number of fused-ring (bicyclic) bond motifs is 2. The number of ether oxygens (including phenoxy) is 1. The highest BCUT2D eigenvalue weighted by atomic mass is 32.1. The molecule has 8 nitrogen and oxygen atoms in total. The van der Waals surface area contributed by atoms with Crippen LogP contribution in [0.25, 0.3) is 16.0 Å². The largest absolute Gasteiger partial charge is 0.475 e. The van der Waals surface area contributed by atoms with Gasteiger partial charge in [0.25, 0.3) is 5.91 Å². The van der Waals surface area contributed by atoms with Gasteiger partial charge in [-0.1, -0.05) is 0 Å². The lowest BCUT2D eigenvalue weighted by molar-refractivity contribution is 0.0990. The number of carbonyl (C=O) groups is 1. The molecule has 0 saturated carbocycles. The van der Waals surface area contributed by atoms with E-state index in [0.717, 1.165) is 21.7 Å². The second-order valence-electron chi connectivity index (χ2n) is 5.99. The van der Waals surface area contributed by atoms with Crippen LogP contribution in [-0.4, -0.2) is 38.6 Å². The fraction of sp³-hybridized carbons (Fsp3) is 0.111. The van der Waals surface area contributed by atoms with E-state index >= 15 is 0 Å². The third-order valence-corrected chi connectivity index (χ3v) is 5.24. The van der Waals surface area contributed by atoms with Crippen LogP contribution in [0.2, 0.25) is 0 Å². The third kappa shape index (κ3) is 2.51. The van der Waals surface area contributed by atoms with Crippen molar-refractivity contribution in [1.82, 2.24) is 19.5 Å². The maximum absolute atomic E-state index is 13.1. The number of aromatic nitrogens is 4. The fourth-order valence-electron chi connectivity index (χ4n) is 3.21. The Balaban J connectivity index is 1.57. The minimum Gasteiger partial charge on any atom is -0.475 e. The molecule has 0 atom stereocenters. The highest BCUT2D eigenvalue weighted by Gasteiger charge is 2.28. The minimum atomic E-state index is -0.265. The van der Waals surface area contributed by atoms with Gasteiger partial charge in [-0.05, 0) is 24.3 Å². The Bertz CT molecular complexity index is 1150. The van der Waals surface area contributed by atoms with E-state index in [1.165, 1.54) is 6.33 Å². The first-order chi connectivity index (χ1) is 13.2. The standard InChI is InChI=1S/C18H14N6O2S/c19-15-14-16(22-10-21-15)26-7-6-23(17(14)25)12-1-2-13-11(9-12)3-5-24(13)18-20-4-8-27-18/h1-5,8-10H,6-7H2,(H2,19,21,22). The molecule has 9 heteroatoms. The Labute approximate surface area is 157 Å². The predicted molar refractivity (Wildman–Crippen MR) is 103 cm³/mol. The van der Waals surface area contributed by atoms with Crippen molar-refractivity contribution < 1.29 is 9.53 Å². The number of hydrogen-bond acceptors (Lipinski definition) is 7. The topological polar surface area (TPSA) is 99.2 Å². The molecular formula is C18H14N6O2S. The molecule has 0 radical (unpaired) electrons. The van der Waals surface area contributed by atoms with Crippen LogP contribution >= 0.6 is 11.3 Å². The first kappa shape index (κ1) is 15.8. The maximum atomic E-state index is 13.1. The number of hydrogen-bond donors (Lipinski definition) is 1. The van der Waals surface area contributed by atoms with Gasteiger partial charge in [-0.3, -0.25) is 9.36 Å².